The molecule has 2 saturated heterocycles. The first-order chi connectivity index (χ1) is 8.44. The minimum Gasteiger partial charge on any atom is -0.389 e. The van der Waals surface area contributed by atoms with Gasteiger partial charge in [-0.1, -0.05) is 0 Å². The molecule has 0 aromatic carbocycles. The zero-order valence-corrected chi connectivity index (χ0v) is 11.5. The summed E-state index contributed by atoms with van der Waals surface area (Å²) in [6.45, 7) is 9.67. The van der Waals surface area contributed by atoms with Crippen LogP contribution in [0.25, 0.3) is 0 Å². The number of aliphatic hydroxyl groups is 1. The topological polar surface area (TPSA) is 55.8 Å². The predicted molar refractivity (Wildman–Crippen MR) is 70.3 cm³/mol. The third kappa shape index (κ3) is 3.93. The zero-order valence-electron chi connectivity index (χ0n) is 11.5. The van der Waals surface area contributed by atoms with Gasteiger partial charge in [0.2, 0.25) is 5.91 Å². The lowest BCUT2D eigenvalue weighted by Gasteiger charge is -2.38. The summed E-state index contributed by atoms with van der Waals surface area (Å²) in [6, 6.07) is 0. The summed E-state index contributed by atoms with van der Waals surface area (Å²) in [5, 5.41) is 13.0. The van der Waals surface area contributed by atoms with Crippen LogP contribution in [0.5, 0.6) is 0 Å². The first-order valence-electron chi connectivity index (χ1n) is 6.87. The Morgan fingerprint density at radius 2 is 1.89 bits per heavy atom. The molecule has 2 heterocycles. The molecule has 0 aromatic heterocycles. The highest BCUT2D eigenvalue weighted by Crippen LogP contribution is 2.13. The van der Waals surface area contributed by atoms with E-state index in [1.165, 1.54) is 0 Å². The second-order valence-corrected chi connectivity index (χ2v) is 6.20. The molecule has 0 bridgehead atoms. The van der Waals surface area contributed by atoms with E-state index in [1.54, 1.807) is 0 Å². The molecule has 0 radical (unpaired) electrons. The predicted octanol–water partition coefficient (Wildman–Crippen LogP) is -0.489. The van der Waals surface area contributed by atoms with Crippen molar-refractivity contribution in [1.82, 2.24) is 15.1 Å². The molecule has 0 spiro atoms. The lowest BCUT2D eigenvalue weighted by atomic mass is 9.98. The minimum atomic E-state index is -0.649. The van der Waals surface area contributed by atoms with Crippen LogP contribution in [0.2, 0.25) is 0 Å². The van der Waals surface area contributed by atoms with Crippen LogP contribution in [0, 0.1) is 5.92 Å². The summed E-state index contributed by atoms with van der Waals surface area (Å²) in [4.78, 5) is 16.2. The molecular weight excluding hydrogens is 230 g/mol. The number of hydrogen-bond donors (Lipinski definition) is 2. The van der Waals surface area contributed by atoms with Crippen molar-refractivity contribution < 1.29 is 9.90 Å². The van der Waals surface area contributed by atoms with E-state index in [4.69, 9.17) is 0 Å². The Morgan fingerprint density at radius 1 is 1.28 bits per heavy atom. The van der Waals surface area contributed by atoms with E-state index in [0.717, 1.165) is 39.3 Å². The summed E-state index contributed by atoms with van der Waals surface area (Å²) in [5.41, 5.74) is -0.649. The standard InChI is InChI=1S/C13H25N3O2/c1-13(2,18)10-15-3-5-16(6-4-15)12(17)7-11-8-14-9-11/h11,14,18H,3-10H2,1-2H3. The molecule has 18 heavy (non-hydrogen) atoms. The zero-order chi connectivity index (χ0) is 13.2. The van der Waals surface area contributed by atoms with E-state index < -0.39 is 5.60 Å². The molecule has 0 unspecified atom stereocenters. The van der Waals surface area contributed by atoms with Gasteiger partial charge in [0.05, 0.1) is 5.60 Å². The number of carbonyl (C=O) groups is 1. The highest BCUT2D eigenvalue weighted by molar-refractivity contribution is 5.76. The highest BCUT2D eigenvalue weighted by atomic mass is 16.3. The lowest BCUT2D eigenvalue weighted by Crippen LogP contribution is -2.53. The highest BCUT2D eigenvalue weighted by Gasteiger charge is 2.27. The molecule has 2 rings (SSSR count). The van der Waals surface area contributed by atoms with E-state index in [0.29, 0.717) is 24.8 Å². The number of β-amino-alcohol motifs (C(OH)–C–C–N with tert-alkyl or cyclic N) is 1. The number of amides is 1. The van der Waals surface area contributed by atoms with Crippen LogP contribution in [0.4, 0.5) is 0 Å². The number of nitrogens with one attached hydrogen (secondary N) is 1. The van der Waals surface area contributed by atoms with Crippen LogP contribution < -0.4 is 5.32 Å². The monoisotopic (exact) mass is 255 g/mol. The van der Waals surface area contributed by atoms with Gasteiger partial charge in [-0.3, -0.25) is 9.69 Å². The number of piperazine rings is 1. The first kappa shape index (κ1) is 13.8. The average Bonchev–Trinajstić information content (AvgIpc) is 2.22. The number of nitrogens with zero attached hydrogens (tertiary/aromatic N) is 2. The van der Waals surface area contributed by atoms with Gasteiger partial charge in [0.1, 0.15) is 0 Å². The van der Waals surface area contributed by atoms with Gasteiger partial charge in [-0.2, -0.15) is 0 Å². The Morgan fingerprint density at radius 3 is 2.33 bits per heavy atom. The Bertz CT molecular complexity index is 289. The third-order valence-corrected chi connectivity index (χ3v) is 3.66. The van der Waals surface area contributed by atoms with Crippen molar-refractivity contribution in [3.8, 4) is 0 Å². The SMILES string of the molecule is CC(C)(O)CN1CCN(C(=O)CC2CNC2)CC1. The van der Waals surface area contributed by atoms with E-state index in [9.17, 15) is 9.90 Å². The molecule has 1 amide bonds. The molecule has 2 aliphatic rings. The summed E-state index contributed by atoms with van der Waals surface area (Å²) in [6.07, 6.45) is 0.693. The van der Waals surface area contributed by atoms with Gasteiger partial charge in [-0.05, 0) is 32.9 Å². The molecule has 104 valence electrons. The van der Waals surface area contributed by atoms with Gasteiger partial charge in [0.25, 0.3) is 0 Å². The van der Waals surface area contributed by atoms with E-state index in [2.05, 4.69) is 10.2 Å². The van der Waals surface area contributed by atoms with Crippen LogP contribution >= 0.6 is 0 Å². The van der Waals surface area contributed by atoms with Crippen molar-refractivity contribution >= 4 is 5.91 Å². The van der Waals surface area contributed by atoms with Crippen molar-refractivity contribution in [3.05, 3.63) is 0 Å². The normalized spacial score (nSPS) is 22.9. The summed E-state index contributed by atoms with van der Waals surface area (Å²) >= 11 is 0. The molecule has 5 nitrogen and oxygen atoms in total. The Kier molecular flexibility index (Phi) is 4.25. The van der Waals surface area contributed by atoms with Crippen molar-refractivity contribution in [2.75, 3.05) is 45.8 Å². The third-order valence-electron chi connectivity index (χ3n) is 3.66. The van der Waals surface area contributed by atoms with E-state index >= 15 is 0 Å². The van der Waals surface area contributed by atoms with Crippen LogP contribution in [-0.2, 0) is 4.79 Å². The van der Waals surface area contributed by atoms with Gasteiger partial charge in [0.15, 0.2) is 0 Å². The van der Waals surface area contributed by atoms with Crippen LogP contribution in [0.1, 0.15) is 20.3 Å². The Hall–Kier alpha value is -0.650. The summed E-state index contributed by atoms with van der Waals surface area (Å²) < 4.78 is 0. The van der Waals surface area contributed by atoms with Crippen molar-refractivity contribution in [2.24, 2.45) is 5.92 Å². The summed E-state index contributed by atoms with van der Waals surface area (Å²) in [5.74, 6) is 0.844. The molecule has 0 aromatic rings. The van der Waals surface area contributed by atoms with Crippen LogP contribution in [0.15, 0.2) is 0 Å². The van der Waals surface area contributed by atoms with Gasteiger partial charge >= 0.3 is 0 Å². The largest absolute Gasteiger partial charge is 0.389 e. The minimum absolute atomic E-state index is 0.296. The first-order valence-corrected chi connectivity index (χ1v) is 6.87. The maximum Gasteiger partial charge on any atom is 0.223 e. The fraction of sp³-hybridized carbons (Fsp3) is 0.923. The molecule has 0 saturated carbocycles. The molecule has 2 N–H and O–H groups in total. The summed E-state index contributed by atoms with van der Waals surface area (Å²) in [7, 11) is 0. The maximum absolute atomic E-state index is 12.0. The number of carbonyl (C=O) groups excluding carboxylic acids is 1. The Labute approximate surface area is 109 Å². The average molecular weight is 255 g/mol. The molecule has 2 fully saturated rings. The number of hydrogen-bond acceptors (Lipinski definition) is 4. The smallest absolute Gasteiger partial charge is 0.223 e. The van der Waals surface area contributed by atoms with Crippen molar-refractivity contribution in [2.45, 2.75) is 25.9 Å². The van der Waals surface area contributed by atoms with Crippen molar-refractivity contribution in [1.29, 1.82) is 0 Å². The molecular formula is C13H25N3O2. The second-order valence-electron chi connectivity index (χ2n) is 6.20. The van der Waals surface area contributed by atoms with Gasteiger partial charge < -0.3 is 15.3 Å². The van der Waals surface area contributed by atoms with Gasteiger partial charge in [0, 0.05) is 39.1 Å². The second kappa shape index (κ2) is 5.55. The molecule has 5 heteroatoms. The quantitative estimate of drug-likeness (QED) is 0.712. The van der Waals surface area contributed by atoms with Crippen LogP contribution in [-0.4, -0.2) is 72.2 Å². The molecule has 2 aliphatic heterocycles. The van der Waals surface area contributed by atoms with Crippen LogP contribution in [0.3, 0.4) is 0 Å². The number of rotatable bonds is 4. The van der Waals surface area contributed by atoms with E-state index in [-0.39, 0.29) is 0 Å². The van der Waals surface area contributed by atoms with Crippen molar-refractivity contribution in [3.63, 3.8) is 0 Å². The van der Waals surface area contributed by atoms with Gasteiger partial charge in [-0.15, -0.1) is 0 Å². The fourth-order valence-corrected chi connectivity index (χ4v) is 2.57. The molecule has 0 atom stereocenters. The maximum atomic E-state index is 12.0. The van der Waals surface area contributed by atoms with Gasteiger partial charge in [-0.25, -0.2) is 0 Å². The Balaban J connectivity index is 1.70. The lowest BCUT2D eigenvalue weighted by molar-refractivity contribution is -0.134. The van der Waals surface area contributed by atoms with E-state index in [1.807, 2.05) is 18.7 Å². The fourth-order valence-electron chi connectivity index (χ4n) is 2.57. The molecule has 0 aliphatic carbocycles.